The van der Waals surface area contributed by atoms with Crippen LogP contribution in [0.5, 0.6) is 0 Å². The predicted molar refractivity (Wildman–Crippen MR) is 96.7 cm³/mol. The Balaban J connectivity index is 1.54. The molecular weight excluding hydrogens is 357 g/mol. The van der Waals surface area contributed by atoms with Crippen molar-refractivity contribution in [2.24, 2.45) is 0 Å². The van der Waals surface area contributed by atoms with E-state index >= 15 is 0 Å². The molecular formula is C18H20FN3O3S. The van der Waals surface area contributed by atoms with E-state index in [2.05, 4.69) is 5.32 Å². The van der Waals surface area contributed by atoms with Gasteiger partial charge in [0.15, 0.2) is 0 Å². The van der Waals surface area contributed by atoms with Crippen LogP contribution in [0, 0.1) is 5.82 Å². The highest BCUT2D eigenvalue weighted by atomic mass is 32.2. The van der Waals surface area contributed by atoms with Gasteiger partial charge in [0.05, 0.1) is 17.1 Å². The molecule has 0 radical (unpaired) electrons. The lowest BCUT2D eigenvalue weighted by molar-refractivity contribution is -0.117. The molecule has 8 heteroatoms. The molecule has 1 heterocycles. The SMILES string of the molecule is O=C(CN1CCN(S(=O)(=O)c2ccccc2)CC1)Nc1ccccc1F. The standard InChI is InChI=1S/C18H20FN3O3S/c19-16-8-4-5-9-17(16)20-18(23)14-21-10-12-22(13-11-21)26(24,25)15-6-2-1-3-7-15/h1-9H,10-14H2,(H,20,23). The van der Waals surface area contributed by atoms with Crippen LogP contribution in [-0.2, 0) is 14.8 Å². The molecule has 0 aromatic heterocycles. The molecule has 1 aliphatic rings. The summed E-state index contributed by atoms with van der Waals surface area (Å²) in [4.78, 5) is 14.2. The van der Waals surface area contributed by atoms with Crippen LogP contribution in [0.15, 0.2) is 59.5 Å². The van der Waals surface area contributed by atoms with Crippen molar-refractivity contribution in [2.45, 2.75) is 4.90 Å². The van der Waals surface area contributed by atoms with Crippen LogP contribution in [0.25, 0.3) is 0 Å². The number of nitrogens with zero attached hydrogens (tertiary/aromatic N) is 2. The average molecular weight is 377 g/mol. The number of benzene rings is 2. The number of sulfonamides is 1. The first-order chi connectivity index (χ1) is 12.5. The van der Waals surface area contributed by atoms with E-state index in [1.807, 2.05) is 4.90 Å². The van der Waals surface area contributed by atoms with Gasteiger partial charge in [-0.1, -0.05) is 30.3 Å². The Kier molecular flexibility index (Phi) is 5.65. The van der Waals surface area contributed by atoms with E-state index in [1.54, 1.807) is 42.5 Å². The number of para-hydroxylation sites is 1. The van der Waals surface area contributed by atoms with Gasteiger partial charge < -0.3 is 5.32 Å². The zero-order valence-electron chi connectivity index (χ0n) is 14.1. The summed E-state index contributed by atoms with van der Waals surface area (Å²) in [5.41, 5.74) is 0.141. The fraction of sp³-hybridized carbons (Fsp3) is 0.278. The molecule has 0 aliphatic carbocycles. The van der Waals surface area contributed by atoms with Crippen molar-refractivity contribution < 1.29 is 17.6 Å². The first-order valence-corrected chi connectivity index (χ1v) is 9.73. The highest BCUT2D eigenvalue weighted by Gasteiger charge is 2.28. The monoisotopic (exact) mass is 377 g/mol. The van der Waals surface area contributed by atoms with Crippen molar-refractivity contribution in [3.05, 3.63) is 60.4 Å². The van der Waals surface area contributed by atoms with Crippen LogP contribution >= 0.6 is 0 Å². The Labute approximate surface area is 152 Å². The van der Waals surface area contributed by atoms with Crippen LogP contribution in [0.3, 0.4) is 0 Å². The summed E-state index contributed by atoms with van der Waals surface area (Å²) in [5, 5.41) is 2.54. The van der Waals surface area contributed by atoms with Crippen molar-refractivity contribution in [2.75, 3.05) is 38.0 Å². The summed E-state index contributed by atoms with van der Waals surface area (Å²) in [6.45, 7) is 1.59. The third-order valence-electron chi connectivity index (χ3n) is 4.23. The molecule has 3 rings (SSSR count). The highest BCUT2D eigenvalue weighted by molar-refractivity contribution is 7.89. The molecule has 0 saturated carbocycles. The quantitative estimate of drug-likeness (QED) is 0.862. The molecule has 1 N–H and O–H groups in total. The Bertz CT molecular complexity index is 866. The average Bonchev–Trinajstić information content (AvgIpc) is 2.65. The second-order valence-electron chi connectivity index (χ2n) is 6.02. The fourth-order valence-corrected chi connectivity index (χ4v) is 4.27. The number of rotatable bonds is 5. The smallest absolute Gasteiger partial charge is 0.243 e. The number of carbonyl (C=O) groups is 1. The molecule has 138 valence electrons. The van der Waals surface area contributed by atoms with E-state index in [-0.39, 0.29) is 23.0 Å². The number of halogens is 1. The lowest BCUT2D eigenvalue weighted by atomic mass is 10.3. The number of hydrogen-bond acceptors (Lipinski definition) is 4. The van der Waals surface area contributed by atoms with Crippen LogP contribution in [0.4, 0.5) is 10.1 Å². The minimum atomic E-state index is -3.51. The molecule has 1 saturated heterocycles. The third kappa shape index (κ3) is 4.27. The summed E-state index contributed by atoms with van der Waals surface area (Å²) in [6, 6.07) is 14.3. The summed E-state index contributed by atoms with van der Waals surface area (Å²) in [6.07, 6.45) is 0. The first kappa shape index (κ1) is 18.5. The molecule has 0 unspecified atom stereocenters. The molecule has 0 atom stereocenters. The minimum absolute atomic E-state index is 0.0908. The summed E-state index contributed by atoms with van der Waals surface area (Å²) in [7, 11) is -3.51. The van der Waals surface area contributed by atoms with Gasteiger partial charge in [0.25, 0.3) is 0 Å². The van der Waals surface area contributed by atoms with E-state index in [9.17, 15) is 17.6 Å². The maximum Gasteiger partial charge on any atom is 0.243 e. The zero-order chi connectivity index (χ0) is 18.6. The van der Waals surface area contributed by atoms with Gasteiger partial charge in [-0.25, -0.2) is 12.8 Å². The normalized spacial score (nSPS) is 16.3. The van der Waals surface area contributed by atoms with Crippen LogP contribution in [0.2, 0.25) is 0 Å². The maximum atomic E-state index is 13.6. The van der Waals surface area contributed by atoms with Gasteiger partial charge >= 0.3 is 0 Å². The van der Waals surface area contributed by atoms with Crippen molar-refractivity contribution in [1.29, 1.82) is 0 Å². The van der Waals surface area contributed by atoms with Crippen LogP contribution in [-0.4, -0.2) is 56.3 Å². The number of carbonyl (C=O) groups excluding carboxylic acids is 1. The first-order valence-electron chi connectivity index (χ1n) is 8.29. The Morgan fingerprint density at radius 2 is 1.58 bits per heavy atom. The van der Waals surface area contributed by atoms with Crippen molar-refractivity contribution in [3.8, 4) is 0 Å². The van der Waals surface area contributed by atoms with Gasteiger partial charge in [-0.05, 0) is 24.3 Å². The Morgan fingerprint density at radius 3 is 2.23 bits per heavy atom. The third-order valence-corrected chi connectivity index (χ3v) is 6.14. The van der Waals surface area contributed by atoms with Gasteiger partial charge in [-0.2, -0.15) is 4.31 Å². The fourth-order valence-electron chi connectivity index (χ4n) is 2.82. The number of anilines is 1. The molecule has 0 bridgehead atoms. The topological polar surface area (TPSA) is 69.7 Å². The molecule has 0 spiro atoms. The minimum Gasteiger partial charge on any atom is -0.322 e. The molecule has 2 aromatic carbocycles. The van der Waals surface area contributed by atoms with Gasteiger partial charge in [-0.3, -0.25) is 9.69 Å². The highest BCUT2D eigenvalue weighted by Crippen LogP contribution is 2.17. The largest absolute Gasteiger partial charge is 0.322 e. The van der Waals surface area contributed by atoms with E-state index in [4.69, 9.17) is 0 Å². The zero-order valence-corrected chi connectivity index (χ0v) is 15.0. The lowest BCUT2D eigenvalue weighted by Crippen LogP contribution is -2.50. The van der Waals surface area contributed by atoms with E-state index < -0.39 is 15.8 Å². The number of amides is 1. The van der Waals surface area contributed by atoms with E-state index in [0.29, 0.717) is 26.2 Å². The van der Waals surface area contributed by atoms with Crippen molar-refractivity contribution in [3.63, 3.8) is 0 Å². The summed E-state index contributed by atoms with van der Waals surface area (Å²) < 4.78 is 40.2. The molecule has 1 amide bonds. The molecule has 1 fully saturated rings. The van der Waals surface area contributed by atoms with Gasteiger partial charge in [0, 0.05) is 26.2 Å². The summed E-state index contributed by atoms with van der Waals surface area (Å²) in [5.74, 6) is -0.811. The second kappa shape index (κ2) is 7.94. The van der Waals surface area contributed by atoms with Gasteiger partial charge in [0.1, 0.15) is 5.82 Å². The number of piperazine rings is 1. The molecule has 26 heavy (non-hydrogen) atoms. The predicted octanol–water partition coefficient (Wildman–Crippen LogP) is 1.77. The Hall–Kier alpha value is -2.29. The van der Waals surface area contributed by atoms with E-state index in [1.165, 1.54) is 16.4 Å². The van der Waals surface area contributed by atoms with Crippen molar-refractivity contribution in [1.82, 2.24) is 9.21 Å². The van der Waals surface area contributed by atoms with Crippen LogP contribution in [0.1, 0.15) is 0 Å². The van der Waals surface area contributed by atoms with Gasteiger partial charge in [-0.15, -0.1) is 0 Å². The van der Waals surface area contributed by atoms with E-state index in [0.717, 1.165) is 0 Å². The Morgan fingerprint density at radius 1 is 0.962 bits per heavy atom. The molecule has 2 aromatic rings. The second-order valence-corrected chi connectivity index (χ2v) is 7.96. The summed E-state index contributed by atoms with van der Waals surface area (Å²) >= 11 is 0. The maximum absolute atomic E-state index is 13.6. The van der Waals surface area contributed by atoms with Gasteiger partial charge in [0.2, 0.25) is 15.9 Å². The number of nitrogens with one attached hydrogen (secondary N) is 1. The number of hydrogen-bond donors (Lipinski definition) is 1. The molecule has 1 aliphatic heterocycles. The molecule has 6 nitrogen and oxygen atoms in total. The lowest BCUT2D eigenvalue weighted by Gasteiger charge is -2.33. The van der Waals surface area contributed by atoms with Crippen molar-refractivity contribution >= 4 is 21.6 Å². The van der Waals surface area contributed by atoms with Crippen LogP contribution < -0.4 is 5.32 Å².